The zero-order valence-electron chi connectivity index (χ0n) is 13.0. The lowest BCUT2D eigenvalue weighted by atomic mass is 10.2. The second-order valence-corrected chi connectivity index (χ2v) is 8.23. The summed E-state index contributed by atoms with van der Waals surface area (Å²) in [6.07, 6.45) is 0. The highest BCUT2D eigenvalue weighted by Gasteiger charge is 2.25. The van der Waals surface area contributed by atoms with Crippen LogP contribution in [0.4, 0.5) is 4.39 Å². The van der Waals surface area contributed by atoms with Crippen molar-refractivity contribution in [2.45, 2.75) is 10.9 Å². The minimum Gasteiger partial charge on any atom is -0.379 e. The van der Waals surface area contributed by atoms with Crippen molar-refractivity contribution in [2.75, 3.05) is 32.8 Å². The molecule has 0 unspecified atom stereocenters. The molecule has 3 rings (SSSR count). The van der Waals surface area contributed by atoms with Gasteiger partial charge in [0, 0.05) is 24.5 Å². The van der Waals surface area contributed by atoms with Crippen LogP contribution in [0.5, 0.6) is 0 Å². The average molecular weight is 370 g/mol. The van der Waals surface area contributed by atoms with Crippen LogP contribution in [0.15, 0.2) is 46.7 Å². The first-order valence-corrected chi connectivity index (χ1v) is 10.0. The summed E-state index contributed by atoms with van der Waals surface area (Å²) in [5.41, 5.74) is 0. The zero-order chi connectivity index (χ0) is 17.0. The number of thiophene rings is 1. The molecule has 1 N–H and O–H groups in total. The Morgan fingerprint density at radius 2 is 1.92 bits per heavy atom. The molecule has 130 valence electrons. The van der Waals surface area contributed by atoms with Gasteiger partial charge in [0.1, 0.15) is 5.82 Å². The van der Waals surface area contributed by atoms with E-state index in [1.54, 1.807) is 11.3 Å². The number of nitrogens with zero attached hydrogens (tertiary/aromatic N) is 1. The van der Waals surface area contributed by atoms with Crippen LogP contribution >= 0.6 is 11.3 Å². The standard InChI is InChI=1S/C16H19FN2O3S2/c17-13-3-5-14(6-4-13)24(20,21)18-12-15(16-2-1-11-23-16)19-7-9-22-10-8-19/h1-6,11,15,18H,7-10,12H2/t15-/m1/s1. The molecule has 0 amide bonds. The Bertz CT molecular complexity index is 742. The third kappa shape index (κ3) is 4.20. The molecule has 1 aromatic heterocycles. The van der Waals surface area contributed by atoms with E-state index in [0.717, 1.165) is 30.1 Å². The van der Waals surface area contributed by atoms with Gasteiger partial charge in [0.2, 0.25) is 10.0 Å². The van der Waals surface area contributed by atoms with Crippen molar-refractivity contribution in [2.24, 2.45) is 0 Å². The van der Waals surface area contributed by atoms with Crippen LogP contribution < -0.4 is 4.72 Å². The zero-order valence-corrected chi connectivity index (χ0v) is 14.7. The van der Waals surface area contributed by atoms with Crippen LogP contribution in [0.2, 0.25) is 0 Å². The summed E-state index contributed by atoms with van der Waals surface area (Å²) >= 11 is 1.61. The molecule has 0 aliphatic carbocycles. The third-order valence-corrected chi connectivity index (χ3v) is 6.36. The Balaban J connectivity index is 1.74. The van der Waals surface area contributed by atoms with Gasteiger partial charge >= 0.3 is 0 Å². The largest absolute Gasteiger partial charge is 0.379 e. The first-order valence-electron chi connectivity index (χ1n) is 7.67. The molecular formula is C16H19FN2O3S2. The van der Waals surface area contributed by atoms with Crippen molar-refractivity contribution in [3.05, 3.63) is 52.5 Å². The smallest absolute Gasteiger partial charge is 0.240 e. The van der Waals surface area contributed by atoms with Crippen molar-refractivity contribution >= 4 is 21.4 Å². The van der Waals surface area contributed by atoms with Crippen LogP contribution in [0, 0.1) is 5.82 Å². The van der Waals surface area contributed by atoms with Crippen LogP contribution in [0.1, 0.15) is 10.9 Å². The third-order valence-electron chi connectivity index (χ3n) is 3.95. The lowest BCUT2D eigenvalue weighted by Crippen LogP contribution is -2.43. The minimum absolute atomic E-state index is 0.0378. The molecule has 0 radical (unpaired) electrons. The Hall–Kier alpha value is -1.32. The van der Waals surface area contributed by atoms with Gasteiger partial charge < -0.3 is 4.74 Å². The van der Waals surface area contributed by atoms with Gasteiger partial charge in [0.05, 0.1) is 24.2 Å². The summed E-state index contributed by atoms with van der Waals surface area (Å²) in [6, 6.07) is 8.77. The number of hydrogen-bond acceptors (Lipinski definition) is 5. The summed E-state index contributed by atoms with van der Waals surface area (Å²) in [7, 11) is -3.67. The number of rotatable bonds is 6. The van der Waals surface area contributed by atoms with Crippen LogP contribution in [-0.4, -0.2) is 46.2 Å². The molecule has 1 aliphatic rings. The molecule has 1 atom stereocenters. The fourth-order valence-corrected chi connectivity index (χ4v) is 4.56. The molecule has 0 spiro atoms. The van der Waals surface area contributed by atoms with Gasteiger partial charge in [0.15, 0.2) is 0 Å². The Morgan fingerprint density at radius 1 is 1.21 bits per heavy atom. The number of ether oxygens (including phenoxy) is 1. The Morgan fingerprint density at radius 3 is 2.54 bits per heavy atom. The van der Waals surface area contributed by atoms with E-state index < -0.39 is 15.8 Å². The van der Waals surface area contributed by atoms with Gasteiger partial charge in [0.25, 0.3) is 0 Å². The van der Waals surface area contributed by atoms with Crippen molar-refractivity contribution < 1.29 is 17.5 Å². The summed E-state index contributed by atoms with van der Waals surface area (Å²) < 4.78 is 45.9. The quantitative estimate of drug-likeness (QED) is 0.847. The van der Waals surface area contributed by atoms with Gasteiger partial charge in [-0.1, -0.05) is 6.07 Å². The highest BCUT2D eigenvalue weighted by atomic mass is 32.2. The first kappa shape index (κ1) is 17.5. The van der Waals surface area contributed by atoms with Crippen molar-refractivity contribution in [3.8, 4) is 0 Å². The molecular weight excluding hydrogens is 351 g/mol. The number of nitrogens with one attached hydrogen (secondary N) is 1. The average Bonchev–Trinajstić information content (AvgIpc) is 3.11. The fraction of sp³-hybridized carbons (Fsp3) is 0.375. The lowest BCUT2D eigenvalue weighted by molar-refractivity contribution is 0.0179. The number of halogens is 1. The van der Waals surface area contributed by atoms with E-state index in [1.165, 1.54) is 12.1 Å². The SMILES string of the molecule is O=S(=O)(NC[C@H](c1cccs1)N1CCOCC1)c1ccc(F)cc1. The second kappa shape index (κ2) is 7.71. The van der Waals surface area contributed by atoms with E-state index >= 15 is 0 Å². The molecule has 24 heavy (non-hydrogen) atoms. The van der Waals surface area contributed by atoms with E-state index in [-0.39, 0.29) is 17.5 Å². The maximum absolute atomic E-state index is 13.0. The predicted molar refractivity (Wildman–Crippen MR) is 91.0 cm³/mol. The molecule has 5 nitrogen and oxygen atoms in total. The van der Waals surface area contributed by atoms with E-state index in [2.05, 4.69) is 9.62 Å². The second-order valence-electron chi connectivity index (χ2n) is 5.49. The van der Waals surface area contributed by atoms with Crippen LogP contribution in [-0.2, 0) is 14.8 Å². The van der Waals surface area contributed by atoms with Gasteiger partial charge in [-0.15, -0.1) is 11.3 Å². The van der Waals surface area contributed by atoms with Gasteiger partial charge in [-0.05, 0) is 35.7 Å². The van der Waals surface area contributed by atoms with E-state index in [4.69, 9.17) is 4.74 Å². The van der Waals surface area contributed by atoms with E-state index in [0.29, 0.717) is 13.2 Å². The van der Waals surface area contributed by atoms with Crippen LogP contribution in [0.3, 0.4) is 0 Å². The molecule has 8 heteroatoms. The monoisotopic (exact) mass is 370 g/mol. The predicted octanol–water partition coefficient (Wildman–Crippen LogP) is 2.24. The van der Waals surface area contributed by atoms with Crippen molar-refractivity contribution in [3.63, 3.8) is 0 Å². The fourth-order valence-electron chi connectivity index (χ4n) is 2.67. The molecule has 1 aliphatic heterocycles. The van der Waals surface area contributed by atoms with Gasteiger partial charge in [-0.3, -0.25) is 4.90 Å². The summed E-state index contributed by atoms with van der Waals surface area (Å²) in [6.45, 7) is 3.08. The van der Waals surface area contributed by atoms with Crippen molar-refractivity contribution in [1.82, 2.24) is 9.62 Å². The summed E-state index contributed by atoms with van der Waals surface area (Å²) in [5.74, 6) is -0.460. The molecule has 0 bridgehead atoms. The van der Waals surface area contributed by atoms with E-state index in [9.17, 15) is 12.8 Å². The Labute approximate surface area is 145 Å². The Kier molecular flexibility index (Phi) is 5.62. The van der Waals surface area contributed by atoms with E-state index in [1.807, 2.05) is 17.5 Å². The molecule has 1 saturated heterocycles. The van der Waals surface area contributed by atoms with Gasteiger partial charge in [-0.2, -0.15) is 0 Å². The number of morpholine rings is 1. The minimum atomic E-state index is -3.67. The number of benzene rings is 1. The summed E-state index contributed by atoms with van der Waals surface area (Å²) in [5, 5.41) is 1.98. The number of hydrogen-bond donors (Lipinski definition) is 1. The molecule has 2 aromatic rings. The maximum atomic E-state index is 13.0. The highest BCUT2D eigenvalue weighted by Crippen LogP contribution is 2.26. The van der Waals surface area contributed by atoms with Crippen molar-refractivity contribution in [1.29, 1.82) is 0 Å². The molecule has 2 heterocycles. The molecule has 1 aromatic carbocycles. The van der Waals surface area contributed by atoms with Crippen LogP contribution in [0.25, 0.3) is 0 Å². The highest BCUT2D eigenvalue weighted by molar-refractivity contribution is 7.89. The maximum Gasteiger partial charge on any atom is 0.240 e. The molecule has 0 saturated carbocycles. The topological polar surface area (TPSA) is 58.6 Å². The number of sulfonamides is 1. The molecule has 1 fully saturated rings. The first-order chi connectivity index (χ1) is 11.6. The van der Waals surface area contributed by atoms with Gasteiger partial charge in [-0.25, -0.2) is 17.5 Å². The normalized spacial score (nSPS) is 17.7. The lowest BCUT2D eigenvalue weighted by Gasteiger charge is -2.34. The summed E-state index contributed by atoms with van der Waals surface area (Å²) in [4.78, 5) is 3.40.